The van der Waals surface area contributed by atoms with E-state index in [0.717, 1.165) is 43.0 Å². The maximum atomic E-state index is 13.4. The number of hydrogen-bond donors (Lipinski definition) is 2. The molecule has 2 rings (SSSR count). The second kappa shape index (κ2) is 11.3. The number of halogens is 1. The summed E-state index contributed by atoms with van der Waals surface area (Å²) < 4.78 is 13.4. The van der Waals surface area contributed by atoms with Gasteiger partial charge in [0, 0.05) is 29.9 Å². The molecule has 0 atom stereocenters. The lowest BCUT2D eigenvalue weighted by molar-refractivity contribution is 0.201. The smallest absolute Gasteiger partial charge is 0.124 e. The highest BCUT2D eigenvalue weighted by molar-refractivity contribution is 5.62. The summed E-state index contributed by atoms with van der Waals surface area (Å²) in [5.74, 6) is 0.461. The number of benzene rings is 1. The molecule has 4 heteroatoms. The van der Waals surface area contributed by atoms with Crippen molar-refractivity contribution in [2.75, 3.05) is 33.2 Å². The summed E-state index contributed by atoms with van der Waals surface area (Å²) in [6.07, 6.45) is 4.35. The van der Waals surface area contributed by atoms with E-state index in [1.54, 1.807) is 0 Å². The van der Waals surface area contributed by atoms with E-state index in [9.17, 15) is 4.39 Å². The Labute approximate surface area is 165 Å². The van der Waals surface area contributed by atoms with Crippen LogP contribution >= 0.6 is 0 Å². The summed E-state index contributed by atoms with van der Waals surface area (Å²) in [5, 5.41) is 6.47. The van der Waals surface area contributed by atoms with Gasteiger partial charge < -0.3 is 10.6 Å². The summed E-state index contributed by atoms with van der Waals surface area (Å²) >= 11 is 0. The Morgan fingerprint density at radius 3 is 2.33 bits per heavy atom. The molecule has 0 aliphatic carbocycles. The van der Waals surface area contributed by atoms with Gasteiger partial charge in [-0.3, -0.25) is 4.90 Å². The van der Waals surface area contributed by atoms with Gasteiger partial charge >= 0.3 is 0 Å². The number of hydrogen-bond acceptors (Lipinski definition) is 3. The molecule has 0 saturated carbocycles. The van der Waals surface area contributed by atoms with Crippen LogP contribution in [0.4, 0.5) is 4.39 Å². The van der Waals surface area contributed by atoms with Gasteiger partial charge in [-0.05, 0) is 90.4 Å². The molecule has 1 saturated heterocycles. The van der Waals surface area contributed by atoms with Crippen molar-refractivity contribution < 1.29 is 4.39 Å². The van der Waals surface area contributed by atoms with E-state index in [1.165, 1.54) is 25.0 Å². The minimum absolute atomic E-state index is 0.203. The zero-order valence-electron chi connectivity index (χ0n) is 17.9. The highest BCUT2D eigenvalue weighted by atomic mass is 19.1. The molecule has 0 radical (unpaired) electrons. The molecule has 0 amide bonds. The van der Waals surface area contributed by atoms with E-state index in [-0.39, 0.29) is 5.82 Å². The van der Waals surface area contributed by atoms with E-state index in [0.29, 0.717) is 11.5 Å². The van der Waals surface area contributed by atoms with Gasteiger partial charge in [0.2, 0.25) is 0 Å². The number of nitrogens with zero attached hydrogens (tertiary/aromatic N) is 1. The number of piperidine rings is 1. The van der Waals surface area contributed by atoms with Crippen LogP contribution in [0.1, 0.15) is 44.7 Å². The molecule has 0 aromatic heterocycles. The van der Waals surface area contributed by atoms with Crippen molar-refractivity contribution in [2.24, 2.45) is 5.92 Å². The van der Waals surface area contributed by atoms with Gasteiger partial charge in [0.25, 0.3) is 0 Å². The average molecular weight is 376 g/mol. The molecular formula is C23H38FN3. The normalized spacial score (nSPS) is 15.6. The van der Waals surface area contributed by atoms with Crippen LogP contribution in [0.3, 0.4) is 0 Å². The number of aryl methyl sites for hydroxylation is 1. The average Bonchev–Trinajstić information content (AvgIpc) is 2.60. The van der Waals surface area contributed by atoms with Gasteiger partial charge in [0.15, 0.2) is 0 Å². The Kier molecular flexibility index (Phi) is 9.75. The fraction of sp³-hybridized carbons (Fsp3) is 0.565. The largest absolute Gasteiger partial charge is 0.385 e. The first-order chi connectivity index (χ1) is 12.6. The van der Waals surface area contributed by atoms with E-state index < -0.39 is 0 Å². The van der Waals surface area contributed by atoms with Crippen molar-refractivity contribution in [3.05, 3.63) is 54.4 Å². The van der Waals surface area contributed by atoms with E-state index in [2.05, 4.69) is 49.5 Å². The van der Waals surface area contributed by atoms with Crippen LogP contribution in [-0.4, -0.2) is 43.7 Å². The molecule has 1 aliphatic heterocycles. The van der Waals surface area contributed by atoms with Crippen LogP contribution in [-0.2, 0) is 0 Å². The molecule has 27 heavy (non-hydrogen) atoms. The fourth-order valence-electron chi connectivity index (χ4n) is 2.84. The molecule has 2 N–H and O–H groups in total. The summed E-state index contributed by atoms with van der Waals surface area (Å²) in [6.45, 7) is 20.3. The third-order valence-corrected chi connectivity index (χ3v) is 4.84. The minimum Gasteiger partial charge on any atom is -0.385 e. The fourth-order valence-corrected chi connectivity index (χ4v) is 2.84. The first-order valence-corrected chi connectivity index (χ1v) is 9.87. The van der Waals surface area contributed by atoms with Crippen LogP contribution in [0.25, 0.3) is 5.70 Å². The Hall–Kier alpha value is -1.65. The predicted octanol–water partition coefficient (Wildman–Crippen LogP) is 4.60. The number of rotatable bonds is 6. The van der Waals surface area contributed by atoms with Crippen molar-refractivity contribution in [3.8, 4) is 0 Å². The van der Waals surface area contributed by atoms with Crippen molar-refractivity contribution >= 4 is 5.70 Å². The molecule has 152 valence electrons. The first kappa shape index (κ1) is 23.4. The Bertz CT molecular complexity index is 576. The molecule has 1 aliphatic rings. The summed E-state index contributed by atoms with van der Waals surface area (Å²) in [5.41, 5.74) is 2.87. The Balaban J connectivity index is 0.000000527. The van der Waals surface area contributed by atoms with Gasteiger partial charge in [-0.2, -0.15) is 0 Å². The quantitative estimate of drug-likeness (QED) is 0.712. The SMILES string of the molecule is C=CCN1CCC(CNC(=C)c2cc(C)cc(F)c2)CC1.CNC(C)(C)C. The van der Waals surface area contributed by atoms with Crippen molar-refractivity contribution in [2.45, 2.75) is 46.1 Å². The van der Waals surface area contributed by atoms with Gasteiger partial charge in [0.1, 0.15) is 5.82 Å². The third-order valence-electron chi connectivity index (χ3n) is 4.84. The van der Waals surface area contributed by atoms with E-state index in [4.69, 9.17) is 0 Å². The predicted molar refractivity (Wildman–Crippen MR) is 116 cm³/mol. The topological polar surface area (TPSA) is 27.3 Å². The molecule has 0 bridgehead atoms. The first-order valence-electron chi connectivity index (χ1n) is 9.87. The second-order valence-electron chi connectivity index (χ2n) is 8.41. The summed E-state index contributed by atoms with van der Waals surface area (Å²) in [4.78, 5) is 2.42. The van der Waals surface area contributed by atoms with Crippen LogP contribution in [0, 0.1) is 18.7 Å². The molecular weight excluding hydrogens is 337 g/mol. The highest BCUT2D eigenvalue weighted by Crippen LogP contribution is 2.19. The van der Waals surface area contributed by atoms with Crippen LogP contribution in [0.2, 0.25) is 0 Å². The molecule has 1 aromatic rings. The van der Waals surface area contributed by atoms with Crippen molar-refractivity contribution in [3.63, 3.8) is 0 Å². The highest BCUT2D eigenvalue weighted by Gasteiger charge is 2.18. The second-order valence-corrected chi connectivity index (χ2v) is 8.41. The maximum Gasteiger partial charge on any atom is 0.124 e. The van der Waals surface area contributed by atoms with Crippen LogP contribution < -0.4 is 10.6 Å². The lowest BCUT2D eigenvalue weighted by Gasteiger charge is -2.31. The number of nitrogens with one attached hydrogen (secondary N) is 2. The molecule has 3 nitrogen and oxygen atoms in total. The lowest BCUT2D eigenvalue weighted by Crippen LogP contribution is -2.36. The van der Waals surface area contributed by atoms with Gasteiger partial charge in [-0.25, -0.2) is 4.39 Å². The summed E-state index contributed by atoms with van der Waals surface area (Å²) in [7, 11) is 1.96. The molecule has 0 spiro atoms. The maximum absolute atomic E-state index is 13.4. The van der Waals surface area contributed by atoms with Crippen molar-refractivity contribution in [1.82, 2.24) is 15.5 Å². The van der Waals surface area contributed by atoms with E-state index in [1.807, 2.05) is 26.1 Å². The van der Waals surface area contributed by atoms with Crippen LogP contribution in [0.15, 0.2) is 37.4 Å². The molecule has 0 unspecified atom stereocenters. The zero-order chi connectivity index (χ0) is 20.4. The molecule has 1 aromatic carbocycles. The Morgan fingerprint density at radius 2 is 1.85 bits per heavy atom. The van der Waals surface area contributed by atoms with Gasteiger partial charge in [-0.15, -0.1) is 6.58 Å². The molecule has 1 fully saturated rings. The van der Waals surface area contributed by atoms with Crippen molar-refractivity contribution in [1.29, 1.82) is 0 Å². The minimum atomic E-state index is -0.203. The molecule has 1 heterocycles. The third kappa shape index (κ3) is 9.73. The zero-order valence-corrected chi connectivity index (χ0v) is 17.9. The monoisotopic (exact) mass is 375 g/mol. The number of likely N-dealkylation sites (tertiary alicyclic amines) is 1. The van der Waals surface area contributed by atoms with Gasteiger partial charge in [0.05, 0.1) is 0 Å². The Morgan fingerprint density at radius 1 is 1.26 bits per heavy atom. The standard InChI is InChI=1S/C18H25FN2.C5H13N/c1-4-7-21-8-5-16(6-9-21)13-20-15(3)17-10-14(2)11-18(19)12-17;1-5(2,3)6-4/h4,10-12,16,20H,1,3,5-9,13H2,2H3;6H,1-4H3. The van der Waals surface area contributed by atoms with E-state index >= 15 is 0 Å². The summed E-state index contributed by atoms with van der Waals surface area (Å²) in [6, 6.07) is 5.03. The van der Waals surface area contributed by atoms with Crippen LogP contribution in [0.5, 0.6) is 0 Å². The van der Waals surface area contributed by atoms with Gasteiger partial charge in [-0.1, -0.05) is 12.7 Å². The lowest BCUT2D eigenvalue weighted by atomic mass is 9.96.